The van der Waals surface area contributed by atoms with Crippen LogP contribution in [0.25, 0.3) is 0 Å². The molecule has 1 N–H and O–H groups in total. The smallest absolute Gasteiger partial charge is 0.411 e. The minimum absolute atomic E-state index is 0.119. The molecule has 0 radical (unpaired) electrons. The number of aliphatic hydroxyl groups is 1. The number of aliphatic hydroxyl groups excluding tert-OH is 1. The summed E-state index contributed by atoms with van der Waals surface area (Å²) in [7, 11) is 0. The number of hydrogen-bond acceptors (Lipinski definition) is 3. The summed E-state index contributed by atoms with van der Waals surface area (Å²) >= 11 is 0. The van der Waals surface area contributed by atoms with E-state index < -0.39 is 6.09 Å². The van der Waals surface area contributed by atoms with Gasteiger partial charge in [0.05, 0.1) is 13.1 Å². The molecular formula is C15H15NO3. The van der Waals surface area contributed by atoms with Gasteiger partial charge in [0.15, 0.2) is 0 Å². The lowest BCUT2D eigenvalue weighted by Crippen LogP contribution is -2.32. The van der Waals surface area contributed by atoms with Crippen LogP contribution in [0.2, 0.25) is 0 Å². The molecule has 0 spiro atoms. The first-order valence-electron chi connectivity index (χ1n) is 5.73. The van der Waals surface area contributed by atoms with Gasteiger partial charge in [0.1, 0.15) is 13.2 Å². The summed E-state index contributed by atoms with van der Waals surface area (Å²) in [6.07, 6.45) is 4.66. The van der Waals surface area contributed by atoms with Gasteiger partial charge in [-0.2, -0.15) is 0 Å². The van der Waals surface area contributed by atoms with E-state index in [9.17, 15) is 4.79 Å². The minimum Gasteiger partial charge on any atom is -0.445 e. The number of ether oxygens (including phenoxy) is 1. The Morgan fingerprint density at radius 3 is 2.63 bits per heavy atom. The average molecular weight is 257 g/mol. The lowest BCUT2D eigenvalue weighted by Gasteiger charge is -2.16. The Balaban J connectivity index is 2.50. The van der Waals surface area contributed by atoms with Crippen LogP contribution in [0.3, 0.4) is 0 Å². The predicted octanol–water partition coefficient (Wildman–Crippen LogP) is 1.25. The third-order valence-corrected chi connectivity index (χ3v) is 2.22. The number of amides is 1. The summed E-state index contributed by atoms with van der Waals surface area (Å²) in [6.45, 7) is 0.198. The van der Waals surface area contributed by atoms with Crippen molar-refractivity contribution in [2.24, 2.45) is 0 Å². The molecule has 1 aromatic carbocycles. The number of nitrogens with zero attached hydrogens (tertiary/aromatic N) is 1. The highest BCUT2D eigenvalue weighted by Crippen LogP contribution is 2.02. The van der Waals surface area contributed by atoms with Gasteiger partial charge in [0.2, 0.25) is 0 Å². The number of carbonyl (C=O) groups is 1. The fourth-order valence-corrected chi connectivity index (χ4v) is 1.31. The molecule has 0 saturated heterocycles. The maximum Gasteiger partial charge on any atom is 0.411 e. The first-order valence-corrected chi connectivity index (χ1v) is 5.73. The monoisotopic (exact) mass is 257 g/mol. The number of carbonyl (C=O) groups excluding carboxylic acids is 1. The fourth-order valence-electron chi connectivity index (χ4n) is 1.31. The third kappa shape index (κ3) is 5.63. The van der Waals surface area contributed by atoms with Crippen molar-refractivity contribution in [2.75, 3.05) is 19.7 Å². The Hall–Kier alpha value is -2.43. The predicted molar refractivity (Wildman–Crippen MR) is 71.9 cm³/mol. The van der Waals surface area contributed by atoms with Crippen molar-refractivity contribution in [3.8, 4) is 24.2 Å². The Kier molecular flexibility index (Phi) is 6.65. The van der Waals surface area contributed by atoms with E-state index >= 15 is 0 Å². The van der Waals surface area contributed by atoms with E-state index in [4.69, 9.17) is 16.3 Å². The number of rotatable bonds is 4. The van der Waals surface area contributed by atoms with Crippen LogP contribution in [0.5, 0.6) is 0 Å². The van der Waals surface area contributed by atoms with Gasteiger partial charge in [-0.25, -0.2) is 4.79 Å². The molecule has 0 aliphatic carbocycles. The summed E-state index contributed by atoms with van der Waals surface area (Å²) in [5.41, 5.74) is 0.901. The standard InChI is InChI=1S/C15H15NO3/c1-2-10-16(11-6-7-12-17)15(18)19-13-14-8-4-3-5-9-14/h1,3-5,8-9,17H,10-13H2. The molecule has 0 atom stereocenters. The highest BCUT2D eigenvalue weighted by Gasteiger charge is 2.12. The number of hydrogen-bond donors (Lipinski definition) is 1. The minimum atomic E-state index is -0.519. The molecule has 0 aliphatic rings. The van der Waals surface area contributed by atoms with Crippen LogP contribution >= 0.6 is 0 Å². The third-order valence-electron chi connectivity index (χ3n) is 2.22. The average Bonchev–Trinajstić information content (AvgIpc) is 2.45. The van der Waals surface area contributed by atoms with Gasteiger partial charge in [-0.1, -0.05) is 48.1 Å². The van der Waals surface area contributed by atoms with Crippen LogP contribution in [0.15, 0.2) is 30.3 Å². The second-order valence-electron chi connectivity index (χ2n) is 3.61. The number of terminal acetylenes is 1. The van der Waals surface area contributed by atoms with Gasteiger partial charge in [-0.15, -0.1) is 6.42 Å². The largest absolute Gasteiger partial charge is 0.445 e. The van der Waals surface area contributed by atoms with Crippen LogP contribution in [0.4, 0.5) is 4.79 Å². The summed E-state index contributed by atoms with van der Waals surface area (Å²) < 4.78 is 5.13. The highest BCUT2D eigenvalue weighted by molar-refractivity contribution is 5.68. The van der Waals surface area contributed by atoms with Gasteiger partial charge in [-0.3, -0.25) is 4.90 Å². The molecule has 0 saturated carbocycles. The quantitative estimate of drug-likeness (QED) is 0.826. The molecule has 0 unspecified atom stereocenters. The molecule has 19 heavy (non-hydrogen) atoms. The van der Waals surface area contributed by atoms with E-state index in [2.05, 4.69) is 17.8 Å². The molecule has 1 aromatic rings. The normalized spacial score (nSPS) is 8.84. The molecule has 0 aromatic heterocycles. The van der Waals surface area contributed by atoms with E-state index in [0.29, 0.717) is 0 Å². The van der Waals surface area contributed by atoms with E-state index in [0.717, 1.165) is 5.56 Å². The van der Waals surface area contributed by atoms with E-state index in [1.165, 1.54) is 4.90 Å². The first kappa shape index (κ1) is 14.6. The van der Waals surface area contributed by atoms with Gasteiger partial charge < -0.3 is 9.84 Å². The Bertz CT molecular complexity index is 494. The molecule has 1 rings (SSSR count). The lowest BCUT2D eigenvalue weighted by molar-refractivity contribution is 0.105. The Labute approximate surface area is 113 Å². The van der Waals surface area contributed by atoms with Crippen molar-refractivity contribution in [3.63, 3.8) is 0 Å². The Morgan fingerprint density at radius 2 is 2.00 bits per heavy atom. The zero-order valence-corrected chi connectivity index (χ0v) is 10.5. The van der Waals surface area contributed by atoms with Crippen molar-refractivity contribution >= 4 is 6.09 Å². The van der Waals surface area contributed by atoms with E-state index in [1.54, 1.807) is 0 Å². The van der Waals surface area contributed by atoms with Crippen molar-refractivity contribution in [2.45, 2.75) is 6.61 Å². The van der Waals surface area contributed by atoms with Crippen molar-refractivity contribution in [1.29, 1.82) is 0 Å². The summed E-state index contributed by atoms with van der Waals surface area (Å²) in [5, 5.41) is 8.55. The van der Waals surface area contributed by atoms with Gasteiger partial charge in [-0.05, 0) is 5.56 Å². The van der Waals surface area contributed by atoms with Crippen LogP contribution in [-0.2, 0) is 11.3 Å². The Morgan fingerprint density at radius 1 is 1.26 bits per heavy atom. The van der Waals surface area contributed by atoms with Crippen LogP contribution in [0.1, 0.15) is 5.56 Å². The van der Waals surface area contributed by atoms with E-state index in [-0.39, 0.29) is 26.3 Å². The van der Waals surface area contributed by atoms with Gasteiger partial charge in [0, 0.05) is 0 Å². The number of benzene rings is 1. The summed E-state index contributed by atoms with van der Waals surface area (Å²) in [4.78, 5) is 13.1. The molecule has 98 valence electrons. The highest BCUT2D eigenvalue weighted by atomic mass is 16.6. The van der Waals surface area contributed by atoms with Crippen LogP contribution in [-0.4, -0.2) is 35.8 Å². The summed E-state index contributed by atoms with van der Waals surface area (Å²) in [5.74, 6) is 7.45. The maximum atomic E-state index is 11.8. The SMILES string of the molecule is C#CCN(CC#CCO)C(=O)OCc1ccccc1. The topological polar surface area (TPSA) is 49.8 Å². The molecule has 0 bridgehead atoms. The van der Waals surface area contributed by atoms with Gasteiger partial charge >= 0.3 is 6.09 Å². The maximum absolute atomic E-state index is 11.8. The molecule has 0 fully saturated rings. The molecule has 4 nitrogen and oxygen atoms in total. The van der Waals surface area contributed by atoms with Crippen molar-refractivity contribution in [3.05, 3.63) is 35.9 Å². The fraction of sp³-hybridized carbons (Fsp3) is 0.267. The first-order chi connectivity index (χ1) is 9.27. The zero-order valence-electron chi connectivity index (χ0n) is 10.5. The lowest BCUT2D eigenvalue weighted by atomic mass is 10.2. The summed E-state index contributed by atoms with van der Waals surface area (Å²) in [6, 6.07) is 9.36. The van der Waals surface area contributed by atoms with Crippen LogP contribution in [0, 0.1) is 24.2 Å². The van der Waals surface area contributed by atoms with Gasteiger partial charge in [0.25, 0.3) is 0 Å². The second-order valence-corrected chi connectivity index (χ2v) is 3.61. The zero-order chi connectivity index (χ0) is 13.9. The molecular weight excluding hydrogens is 242 g/mol. The van der Waals surface area contributed by atoms with Crippen molar-refractivity contribution in [1.82, 2.24) is 4.90 Å². The van der Waals surface area contributed by atoms with Crippen molar-refractivity contribution < 1.29 is 14.6 Å². The molecule has 1 amide bonds. The van der Waals surface area contributed by atoms with Crippen LogP contribution < -0.4 is 0 Å². The molecule has 0 aliphatic heterocycles. The second kappa shape index (κ2) is 8.63. The molecule has 4 heteroatoms. The molecule has 0 heterocycles. The van der Waals surface area contributed by atoms with E-state index in [1.807, 2.05) is 30.3 Å².